The average molecular weight is 300 g/mol. The largest absolute Gasteiger partial charge is 0.467 e. The molecule has 0 fully saturated rings. The first-order valence-corrected chi connectivity index (χ1v) is 7.09. The molecule has 0 aliphatic rings. The Morgan fingerprint density at radius 1 is 1.53 bits per heavy atom. The number of nitrogens with one attached hydrogen (secondary N) is 1. The number of amides is 1. The first-order chi connectivity index (χ1) is 7.01. The number of carbonyl (C=O) groups is 2. The molecule has 1 N–H and O–H groups in total. The van der Waals surface area contributed by atoms with Crippen molar-refractivity contribution in [3.8, 4) is 0 Å². The fourth-order valence-corrected chi connectivity index (χ4v) is 1.64. The van der Waals surface area contributed by atoms with Gasteiger partial charge in [0.05, 0.1) is 12.4 Å². The summed E-state index contributed by atoms with van der Waals surface area (Å²) in [5.74, 6) is -0.468. The van der Waals surface area contributed by atoms with Crippen molar-refractivity contribution in [1.29, 1.82) is 0 Å². The van der Waals surface area contributed by atoms with Crippen molar-refractivity contribution in [3.63, 3.8) is 0 Å². The van der Waals surface area contributed by atoms with Crippen LogP contribution in [-0.2, 0) is 25.1 Å². The number of rotatable bonds is 6. The Balaban J connectivity index is 4.24. The minimum atomic E-state index is -0.992. The topological polar surface area (TPSA) is 72.5 Å². The van der Waals surface area contributed by atoms with E-state index in [4.69, 9.17) is 0 Å². The standard InChI is InChI=1S/C8H14BrNO4S/c1-14-8(12)6(3-4-15(2)13)10-7(11)5-9/h6H,3-5H2,1-2H3,(H,10,11). The van der Waals surface area contributed by atoms with Gasteiger partial charge in [0, 0.05) is 22.8 Å². The molecule has 0 aromatic rings. The SMILES string of the molecule is COC(=O)C(CCS(C)=O)NC(=O)CBr. The Morgan fingerprint density at radius 3 is 2.53 bits per heavy atom. The van der Waals surface area contributed by atoms with Crippen LogP contribution in [0.15, 0.2) is 0 Å². The Hall–Kier alpha value is -0.430. The first-order valence-electron chi connectivity index (χ1n) is 4.24. The van der Waals surface area contributed by atoms with Crippen molar-refractivity contribution >= 4 is 38.6 Å². The highest BCUT2D eigenvalue weighted by Crippen LogP contribution is 1.97. The molecule has 0 spiro atoms. The third-order valence-electron chi connectivity index (χ3n) is 1.64. The number of ether oxygens (including phenoxy) is 1. The van der Waals surface area contributed by atoms with Crippen molar-refractivity contribution in [3.05, 3.63) is 0 Å². The molecule has 0 saturated carbocycles. The molecule has 1 amide bonds. The van der Waals surface area contributed by atoms with Gasteiger partial charge in [0.1, 0.15) is 6.04 Å². The Labute approximate surface area is 99.5 Å². The second-order valence-corrected chi connectivity index (χ2v) is 4.96. The van der Waals surface area contributed by atoms with E-state index in [0.717, 1.165) is 0 Å². The van der Waals surface area contributed by atoms with Crippen LogP contribution < -0.4 is 5.32 Å². The van der Waals surface area contributed by atoms with Gasteiger partial charge in [-0.2, -0.15) is 0 Å². The maximum atomic E-state index is 11.2. The Bertz CT molecular complexity index is 259. The van der Waals surface area contributed by atoms with Crippen LogP contribution >= 0.6 is 15.9 Å². The minimum Gasteiger partial charge on any atom is -0.467 e. The molecule has 0 aliphatic heterocycles. The normalized spacial score (nSPS) is 14.1. The number of halogens is 1. The van der Waals surface area contributed by atoms with Gasteiger partial charge in [-0.25, -0.2) is 4.79 Å². The maximum absolute atomic E-state index is 11.2. The predicted molar refractivity (Wildman–Crippen MR) is 61.3 cm³/mol. The number of esters is 1. The van der Waals surface area contributed by atoms with E-state index >= 15 is 0 Å². The van der Waals surface area contributed by atoms with Crippen LogP contribution in [0.1, 0.15) is 6.42 Å². The quantitative estimate of drug-likeness (QED) is 0.545. The molecule has 0 rings (SSSR count). The lowest BCUT2D eigenvalue weighted by Crippen LogP contribution is -2.42. The van der Waals surface area contributed by atoms with Crippen LogP contribution in [0.2, 0.25) is 0 Å². The summed E-state index contributed by atoms with van der Waals surface area (Å²) < 4.78 is 15.4. The number of alkyl halides is 1. The van der Waals surface area contributed by atoms with Crippen LogP contribution in [0.4, 0.5) is 0 Å². The van der Waals surface area contributed by atoms with E-state index < -0.39 is 22.8 Å². The summed E-state index contributed by atoms with van der Waals surface area (Å²) in [6, 6.07) is -0.719. The molecular weight excluding hydrogens is 286 g/mol. The number of methoxy groups -OCH3 is 1. The molecule has 0 heterocycles. The summed E-state index contributed by atoms with van der Waals surface area (Å²) in [6.45, 7) is 0. The molecule has 0 aromatic heterocycles. The smallest absolute Gasteiger partial charge is 0.328 e. The maximum Gasteiger partial charge on any atom is 0.328 e. The van der Waals surface area contributed by atoms with Gasteiger partial charge in [-0.3, -0.25) is 9.00 Å². The Kier molecular flexibility index (Phi) is 7.59. The highest BCUT2D eigenvalue weighted by Gasteiger charge is 2.20. The van der Waals surface area contributed by atoms with Gasteiger partial charge in [0.15, 0.2) is 0 Å². The molecule has 7 heteroatoms. The predicted octanol–water partition coefficient (Wildman–Crippen LogP) is -0.192. The highest BCUT2D eigenvalue weighted by molar-refractivity contribution is 9.09. The van der Waals surface area contributed by atoms with Gasteiger partial charge in [-0.05, 0) is 6.42 Å². The summed E-state index contributed by atoms with van der Waals surface area (Å²) in [7, 11) is 0.256. The molecule has 2 atom stereocenters. The van der Waals surface area contributed by atoms with Gasteiger partial charge in [-0.15, -0.1) is 0 Å². The molecule has 0 saturated heterocycles. The lowest BCUT2D eigenvalue weighted by atomic mass is 10.2. The van der Waals surface area contributed by atoms with Crippen molar-refractivity contribution in [2.45, 2.75) is 12.5 Å². The molecular formula is C8H14BrNO4S. The number of carbonyl (C=O) groups excluding carboxylic acids is 2. The van der Waals surface area contributed by atoms with E-state index in [9.17, 15) is 13.8 Å². The first kappa shape index (κ1) is 14.6. The molecule has 88 valence electrons. The molecule has 0 bridgehead atoms. The highest BCUT2D eigenvalue weighted by atomic mass is 79.9. The summed E-state index contributed by atoms with van der Waals surface area (Å²) in [4.78, 5) is 22.3. The van der Waals surface area contributed by atoms with Crippen LogP contribution in [0.25, 0.3) is 0 Å². The van der Waals surface area contributed by atoms with Gasteiger partial charge in [-0.1, -0.05) is 15.9 Å². The van der Waals surface area contributed by atoms with E-state index in [1.807, 2.05) is 0 Å². The third-order valence-corrected chi connectivity index (χ3v) is 2.96. The van der Waals surface area contributed by atoms with Crippen molar-refractivity contribution in [2.24, 2.45) is 0 Å². The summed E-state index contributed by atoms with van der Waals surface area (Å²) in [6.07, 6.45) is 1.86. The second-order valence-electron chi connectivity index (χ2n) is 2.84. The molecule has 15 heavy (non-hydrogen) atoms. The van der Waals surface area contributed by atoms with E-state index in [2.05, 4.69) is 26.0 Å². The van der Waals surface area contributed by atoms with Crippen molar-refractivity contribution in [1.82, 2.24) is 5.32 Å². The lowest BCUT2D eigenvalue weighted by Gasteiger charge is -2.14. The Morgan fingerprint density at radius 2 is 2.13 bits per heavy atom. The summed E-state index contributed by atoms with van der Waals surface area (Å²) in [5.41, 5.74) is 0. The van der Waals surface area contributed by atoms with Gasteiger partial charge in [0.2, 0.25) is 5.91 Å². The zero-order valence-electron chi connectivity index (χ0n) is 8.62. The van der Waals surface area contributed by atoms with Crippen LogP contribution in [0.3, 0.4) is 0 Å². The average Bonchev–Trinajstić information content (AvgIpc) is 2.22. The monoisotopic (exact) mass is 299 g/mol. The van der Waals surface area contributed by atoms with Crippen LogP contribution in [-0.4, -0.2) is 46.6 Å². The summed E-state index contributed by atoms with van der Waals surface area (Å²) >= 11 is 2.97. The van der Waals surface area contributed by atoms with E-state index in [-0.39, 0.29) is 11.2 Å². The fraction of sp³-hybridized carbons (Fsp3) is 0.750. The molecule has 0 radical (unpaired) electrons. The lowest BCUT2D eigenvalue weighted by molar-refractivity contribution is -0.144. The van der Waals surface area contributed by atoms with E-state index in [0.29, 0.717) is 12.2 Å². The van der Waals surface area contributed by atoms with Gasteiger partial charge in [0.25, 0.3) is 0 Å². The molecule has 2 unspecified atom stereocenters. The third kappa shape index (κ3) is 6.62. The zero-order valence-corrected chi connectivity index (χ0v) is 11.0. The molecule has 0 aliphatic carbocycles. The number of hydrogen-bond donors (Lipinski definition) is 1. The van der Waals surface area contributed by atoms with E-state index in [1.165, 1.54) is 7.11 Å². The van der Waals surface area contributed by atoms with Gasteiger partial charge >= 0.3 is 5.97 Å². The summed E-state index contributed by atoms with van der Waals surface area (Å²) in [5, 5.41) is 2.60. The fourth-order valence-electron chi connectivity index (χ4n) is 0.908. The minimum absolute atomic E-state index is 0.121. The van der Waals surface area contributed by atoms with Crippen molar-refractivity contribution < 1.29 is 18.5 Å². The van der Waals surface area contributed by atoms with Crippen molar-refractivity contribution in [2.75, 3.05) is 24.4 Å². The van der Waals surface area contributed by atoms with Crippen LogP contribution in [0.5, 0.6) is 0 Å². The second kappa shape index (κ2) is 7.81. The van der Waals surface area contributed by atoms with Gasteiger partial charge < -0.3 is 10.1 Å². The zero-order chi connectivity index (χ0) is 11.8. The molecule has 0 aromatic carbocycles. The molecule has 5 nitrogen and oxygen atoms in total. The van der Waals surface area contributed by atoms with E-state index in [1.54, 1.807) is 6.26 Å². The number of hydrogen-bond acceptors (Lipinski definition) is 4. The van der Waals surface area contributed by atoms with Crippen LogP contribution in [0, 0.1) is 0 Å².